The van der Waals surface area contributed by atoms with Crippen molar-refractivity contribution in [2.24, 2.45) is 0 Å². The summed E-state index contributed by atoms with van der Waals surface area (Å²) in [5.74, 6) is -0.896. The smallest absolute Gasteiger partial charge is 0.348 e. The number of Topliss-reactive ketones (excluding diaryl/α,β-unsaturated/α-hetero) is 1. The third kappa shape index (κ3) is 4.99. The van der Waals surface area contributed by atoms with Crippen molar-refractivity contribution in [2.75, 3.05) is 12.9 Å². The summed E-state index contributed by atoms with van der Waals surface area (Å²) >= 11 is 1.36. The highest BCUT2D eigenvalue weighted by atomic mass is 32.2. The molecule has 1 aromatic carbocycles. The molecule has 0 bridgehead atoms. The Balaban J connectivity index is 1.99. The summed E-state index contributed by atoms with van der Waals surface area (Å²) in [6, 6.07) is 7.38. The molecule has 0 aliphatic rings. The Labute approximate surface area is 151 Å². The van der Waals surface area contributed by atoms with E-state index in [2.05, 4.69) is 6.92 Å². The van der Waals surface area contributed by atoms with Crippen LogP contribution in [0.15, 0.2) is 35.2 Å². The number of ether oxygens (including phenoxy) is 1. The van der Waals surface area contributed by atoms with Crippen LogP contribution in [0.5, 0.6) is 0 Å². The first kappa shape index (κ1) is 19.3. The van der Waals surface area contributed by atoms with E-state index in [0.717, 1.165) is 29.5 Å². The van der Waals surface area contributed by atoms with Gasteiger partial charge in [0.15, 0.2) is 22.2 Å². The van der Waals surface area contributed by atoms with Crippen molar-refractivity contribution >= 4 is 32.9 Å². The van der Waals surface area contributed by atoms with Crippen LogP contribution in [0.1, 0.15) is 43.8 Å². The van der Waals surface area contributed by atoms with Crippen LogP contribution in [-0.4, -0.2) is 33.0 Å². The molecule has 0 aliphatic carbocycles. The maximum atomic E-state index is 12.1. The molecule has 1 heterocycles. The van der Waals surface area contributed by atoms with E-state index < -0.39 is 15.8 Å². The van der Waals surface area contributed by atoms with Crippen LogP contribution in [0, 0.1) is 6.92 Å². The van der Waals surface area contributed by atoms with Crippen molar-refractivity contribution < 1.29 is 22.7 Å². The second kappa shape index (κ2) is 7.93. The Morgan fingerprint density at radius 2 is 1.80 bits per heavy atom. The number of aryl methyl sites for hydroxylation is 2. The van der Waals surface area contributed by atoms with Crippen molar-refractivity contribution in [2.45, 2.75) is 31.6 Å². The Kier molecular flexibility index (Phi) is 6.13. The fraction of sp³-hybridized carbons (Fsp3) is 0.333. The summed E-state index contributed by atoms with van der Waals surface area (Å²) in [4.78, 5) is 25.9. The molecule has 134 valence electrons. The normalized spacial score (nSPS) is 11.3. The van der Waals surface area contributed by atoms with Crippen LogP contribution >= 0.6 is 11.3 Å². The van der Waals surface area contributed by atoms with Crippen molar-refractivity contribution in [3.05, 3.63) is 51.2 Å². The number of benzene rings is 1. The Morgan fingerprint density at radius 1 is 1.16 bits per heavy atom. The zero-order valence-electron chi connectivity index (χ0n) is 14.4. The van der Waals surface area contributed by atoms with E-state index in [1.165, 1.54) is 35.6 Å². The minimum absolute atomic E-state index is 0.138. The van der Waals surface area contributed by atoms with Gasteiger partial charge in [0.25, 0.3) is 0 Å². The molecule has 0 fully saturated rings. The molecule has 25 heavy (non-hydrogen) atoms. The predicted molar refractivity (Wildman–Crippen MR) is 97.2 cm³/mol. The third-order valence-corrected chi connectivity index (χ3v) is 5.88. The lowest BCUT2D eigenvalue weighted by atomic mass is 10.1. The molecule has 0 saturated carbocycles. The summed E-state index contributed by atoms with van der Waals surface area (Å²) in [6.45, 7) is 3.65. The molecule has 0 aliphatic heterocycles. The van der Waals surface area contributed by atoms with Gasteiger partial charge in [-0.2, -0.15) is 0 Å². The van der Waals surface area contributed by atoms with Gasteiger partial charge in [0, 0.05) is 16.7 Å². The molecule has 2 aromatic rings. The molecule has 0 unspecified atom stereocenters. The predicted octanol–water partition coefficient (Wildman–Crippen LogP) is 3.45. The third-order valence-electron chi connectivity index (χ3n) is 3.68. The molecule has 5 nitrogen and oxygen atoms in total. The van der Waals surface area contributed by atoms with E-state index in [0.29, 0.717) is 10.4 Å². The first-order valence-electron chi connectivity index (χ1n) is 7.82. The van der Waals surface area contributed by atoms with Crippen LogP contribution in [0.25, 0.3) is 0 Å². The van der Waals surface area contributed by atoms with Gasteiger partial charge in [-0.1, -0.05) is 13.3 Å². The Bertz CT molecular complexity index is 877. The molecular formula is C18H20O5S2. The second-order valence-corrected chi connectivity index (χ2v) is 9.01. The maximum absolute atomic E-state index is 12.1. The first-order chi connectivity index (χ1) is 11.7. The number of hydrogen-bond acceptors (Lipinski definition) is 6. The van der Waals surface area contributed by atoms with Gasteiger partial charge in [-0.25, -0.2) is 13.2 Å². The minimum Gasteiger partial charge on any atom is -0.453 e. The molecule has 1 aromatic heterocycles. The van der Waals surface area contributed by atoms with Crippen LogP contribution in [0.3, 0.4) is 0 Å². The van der Waals surface area contributed by atoms with E-state index in [4.69, 9.17) is 4.74 Å². The zero-order chi connectivity index (χ0) is 18.6. The topological polar surface area (TPSA) is 77.5 Å². The van der Waals surface area contributed by atoms with Crippen LogP contribution < -0.4 is 0 Å². The number of carbonyl (C=O) groups is 2. The van der Waals surface area contributed by atoms with Gasteiger partial charge in [-0.15, -0.1) is 11.3 Å². The largest absolute Gasteiger partial charge is 0.453 e. The number of hydrogen-bond donors (Lipinski definition) is 0. The fourth-order valence-electron chi connectivity index (χ4n) is 2.31. The SMILES string of the molecule is CCCc1cc(C(=O)OCC(=O)c2ccc(S(C)(=O)=O)cc2)sc1C. The fourth-order valence-corrected chi connectivity index (χ4v) is 3.91. The van der Waals surface area contributed by atoms with Crippen LogP contribution in [0.2, 0.25) is 0 Å². The summed E-state index contributed by atoms with van der Waals surface area (Å²) in [6.07, 6.45) is 3.00. The van der Waals surface area contributed by atoms with E-state index in [9.17, 15) is 18.0 Å². The zero-order valence-corrected chi connectivity index (χ0v) is 16.0. The molecule has 7 heteroatoms. The highest BCUT2D eigenvalue weighted by molar-refractivity contribution is 7.90. The molecule has 0 N–H and O–H groups in total. The molecule has 0 saturated heterocycles. The molecular weight excluding hydrogens is 360 g/mol. The average Bonchev–Trinajstić information content (AvgIpc) is 2.93. The lowest BCUT2D eigenvalue weighted by Crippen LogP contribution is -2.13. The standard InChI is InChI=1S/C18H20O5S2/c1-4-5-14-10-17(24-12(14)2)18(20)23-11-16(19)13-6-8-15(9-7-13)25(3,21)22/h6-10H,4-5,11H2,1-3H3. The second-order valence-electron chi connectivity index (χ2n) is 5.74. The van der Waals surface area contributed by atoms with E-state index in [1.807, 2.05) is 13.0 Å². The molecule has 0 atom stereocenters. The summed E-state index contributed by atoms with van der Waals surface area (Å²) in [5.41, 5.74) is 1.43. The summed E-state index contributed by atoms with van der Waals surface area (Å²) in [5, 5.41) is 0. The van der Waals surface area contributed by atoms with E-state index in [1.54, 1.807) is 0 Å². The summed E-state index contributed by atoms with van der Waals surface area (Å²) < 4.78 is 27.9. The van der Waals surface area contributed by atoms with Crippen molar-refractivity contribution in [3.8, 4) is 0 Å². The van der Waals surface area contributed by atoms with Gasteiger partial charge in [-0.3, -0.25) is 4.79 Å². The lowest BCUT2D eigenvalue weighted by molar-refractivity contribution is 0.0479. The molecule has 0 spiro atoms. The maximum Gasteiger partial charge on any atom is 0.348 e. The molecule has 0 radical (unpaired) electrons. The van der Waals surface area contributed by atoms with Gasteiger partial charge in [-0.05, 0) is 49.2 Å². The number of sulfone groups is 1. The van der Waals surface area contributed by atoms with Gasteiger partial charge >= 0.3 is 5.97 Å². The van der Waals surface area contributed by atoms with Crippen molar-refractivity contribution in [1.29, 1.82) is 0 Å². The van der Waals surface area contributed by atoms with Crippen LogP contribution in [0.4, 0.5) is 0 Å². The molecule has 0 amide bonds. The van der Waals surface area contributed by atoms with E-state index in [-0.39, 0.29) is 17.3 Å². The van der Waals surface area contributed by atoms with Crippen LogP contribution in [-0.2, 0) is 21.0 Å². The Hall–Kier alpha value is -1.99. The van der Waals surface area contributed by atoms with E-state index >= 15 is 0 Å². The van der Waals surface area contributed by atoms with Crippen molar-refractivity contribution in [3.63, 3.8) is 0 Å². The van der Waals surface area contributed by atoms with Gasteiger partial charge in [0.2, 0.25) is 0 Å². The average molecular weight is 380 g/mol. The Morgan fingerprint density at radius 3 is 2.36 bits per heavy atom. The highest BCUT2D eigenvalue weighted by Crippen LogP contribution is 2.23. The number of esters is 1. The first-order valence-corrected chi connectivity index (χ1v) is 10.5. The number of ketones is 1. The highest BCUT2D eigenvalue weighted by Gasteiger charge is 2.16. The monoisotopic (exact) mass is 380 g/mol. The minimum atomic E-state index is -3.31. The molecule has 2 rings (SSSR count). The van der Waals surface area contributed by atoms with Crippen molar-refractivity contribution in [1.82, 2.24) is 0 Å². The van der Waals surface area contributed by atoms with Gasteiger partial charge in [0.05, 0.1) is 4.90 Å². The van der Waals surface area contributed by atoms with Gasteiger partial charge < -0.3 is 4.74 Å². The van der Waals surface area contributed by atoms with Gasteiger partial charge in [0.1, 0.15) is 4.88 Å². The quantitative estimate of drug-likeness (QED) is 0.543. The number of carbonyl (C=O) groups excluding carboxylic acids is 2. The lowest BCUT2D eigenvalue weighted by Gasteiger charge is -2.04. The number of rotatable bonds is 7. The number of thiophene rings is 1. The summed E-state index contributed by atoms with van der Waals surface area (Å²) in [7, 11) is -3.31.